The molecule has 2 amide bonds. The van der Waals surface area contributed by atoms with Gasteiger partial charge in [-0.15, -0.1) is 0 Å². The molecule has 1 aliphatic heterocycles. The molecule has 9 nitrogen and oxygen atoms in total. The van der Waals surface area contributed by atoms with Crippen molar-refractivity contribution >= 4 is 18.0 Å². The van der Waals surface area contributed by atoms with Crippen LogP contribution in [0, 0.1) is 5.92 Å². The third-order valence-electron chi connectivity index (χ3n) is 5.57. The molecule has 1 aliphatic rings. The first-order valence-corrected chi connectivity index (χ1v) is 10.6. The molecule has 0 aliphatic carbocycles. The van der Waals surface area contributed by atoms with Gasteiger partial charge in [0.15, 0.2) is 0 Å². The summed E-state index contributed by atoms with van der Waals surface area (Å²) in [4.78, 5) is 27.2. The van der Waals surface area contributed by atoms with Crippen LogP contribution in [0.5, 0.6) is 23.0 Å². The lowest BCUT2D eigenvalue weighted by Gasteiger charge is -2.31. The molecule has 0 saturated carbocycles. The second-order valence-electron chi connectivity index (χ2n) is 7.51. The van der Waals surface area contributed by atoms with E-state index in [0.29, 0.717) is 60.1 Å². The first-order chi connectivity index (χ1) is 16.0. The molecule has 1 saturated heterocycles. The van der Waals surface area contributed by atoms with Crippen LogP contribution >= 0.6 is 0 Å². The van der Waals surface area contributed by atoms with Gasteiger partial charge in [0.05, 0.1) is 34.7 Å². The maximum Gasteiger partial charge on any atom is 0.254 e. The first kappa shape index (κ1) is 23.9. The Kier molecular flexibility index (Phi) is 8.12. The third-order valence-corrected chi connectivity index (χ3v) is 5.57. The van der Waals surface area contributed by atoms with Gasteiger partial charge in [-0.1, -0.05) is 0 Å². The van der Waals surface area contributed by atoms with Gasteiger partial charge in [0, 0.05) is 42.3 Å². The minimum atomic E-state index is -0.219. The highest BCUT2D eigenvalue weighted by atomic mass is 16.5. The predicted molar refractivity (Wildman–Crippen MR) is 123 cm³/mol. The van der Waals surface area contributed by atoms with Gasteiger partial charge in [-0.25, -0.2) is 5.43 Å². The summed E-state index contributed by atoms with van der Waals surface area (Å²) < 4.78 is 21.0. The normalized spacial score (nSPS) is 14.1. The zero-order valence-electron chi connectivity index (χ0n) is 19.3. The molecule has 1 N–H and O–H groups in total. The van der Waals surface area contributed by atoms with Crippen molar-refractivity contribution < 1.29 is 28.5 Å². The Morgan fingerprint density at radius 2 is 1.55 bits per heavy atom. The van der Waals surface area contributed by atoms with E-state index in [1.165, 1.54) is 6.21 Å². The smallest absolute Gasteiger partial charge is 0.254 e. The number of carbonyl (C=O) groups excluding carboxylic acids is 2. The summed E-state index contributed by atoms with van der Waals surface area (Å²) >= 11 is 0. The Balaban J connectivity index is 1.55. The number of carbonyl (C=O) groups is 2. The van der Waals surface area contributed by atoms with Crippen LogP contribution in [0.1, 0.15) is 28.8 Å². The Morgan fingerprint density at radius 3 is 2.12 bits per heavy atom. The second kappa shape index (κ2) is 11.2. The quantitative estimate of drug-likeness (QED) is 0.486. The fraction of sp³-hybridized carbons (Fsp3) is 0.375. The lowest BCUT2D eigenvalue weighted by atomic mass is 9.95. The molecule has 0 unspecified atom stereocenters. The average Bonchev–Trinajstić information content (AvgIpc) is 2.87. The summed E-state index contributed by atoms with van der Waals surface area (Å²) in [5.41, 5.74) is 3.80. The van der Waals surface area contributed by atoms with Crippen molar-refractivity contribution in [1.29, 1.82) is 0 Å². The molecular formula is C24H29N3O6. The van der Waals surface area contributed by atoms with Gasteiger partial charge >= 0.3 is 0 Å². The van der Waals surface area contributed by atoms with Crippen LogP contribution in [0.25, 0.3) is 0 Å². The van der Waals surface area contributed by atoms with Crippen molar-refractivity contribution in [3.8, 4) is 23.0 Å². The molecule has 0 atom stereocenters. The molecule has 0 aromatic heterocycles. The molecule has 2 aromatic carbocycles. The van der Waals surface area contributed by atoms with Crippen molar-refractivity contribution in [3.05, 3.63) is 47.5 Å². The molecule has 1 fully saturated rings. The fourth-order valence-electron chi connectivity index (χ4n) is 3.64. The summed E-state index contributed by atoms with van der Waals surface area (Å²) in [6, 6.07) is 10.4. The number of benzene rings is 2. The van der Waals surface area contributed by atoms with Crippen LogP contribution < -0.4 is 24.4 Å². The van der Waals surface area contributed by atoms with Gasteiger partial charge in [-0.05, 0) is 37.1 Å². The number of ether oxygens (including phenoxy) is 4. The molecule has 33 heavy (non-hydrogen) atoms. The zero-order chi connectivity index (χ0) is 23.8. The van der Waals surface area contributed by atoms with E-state index < -0.39 is 0 Å². The molecule has 1 heterocycles. The predicted octanol–water partition coefficient (Wildman–Crippen LogP) is 2.72. The van der Waals surface area contributed by atoms with Gasteiger partial charge in [-0.3, -0.25) is 9.59 Å². The minimum Gasteiger partial charge on any atom is -0.497 e. The summed E-state index contributed by atoms with van der Waals surface area (Å²) in [6.45, 7) is 0.957. The molecule has 0 radical (unpaired) electrons. The van der Waals surface area contributed by atoms with Gasteiger partial charge in [0.25, 0.3) is 5.91 Å². The highest BCUT2D eigenvalue weighted by molar-refractivity contribution is 5.95. The van der Waals surface area contributed by atoms with Crippen molar-refractivity contribution in [2.24, 2.45) is 11.0 Å². The van der Waals surface area contributed by atoms with E-state index in [2.05, 4.69) is 10.5 Å². The number of likely N-dealkylation sites (tertiary alicyclic amines) is 1. The number of methoxy groups -OCH3 is 4. The van der Waals surface area contributed by atoms with E-state index in [1.54, 1.807) is 69.7 Å². The first-order valence-electron chi connectivity index (χ1n) is 10.6. The van der Waals surface area contributed by atoms with Crippen LogP contribution in [-0.4, -0.2) is 64.5 Å². The zero-order valence-corrected chi connectivity index (χ0v) is 19.3. The van der Waals surface area contributed by atoms with Crippen LogP contribution in [0.15, 0.2) is 41.5 Å². The van der Waals surface area contributed by atoms with E-state index >= 15 is 0 Å². The third kappa shape index (κ3) is 5.94. The lowest BCUT2D eigenvalue weighted by molar-refractivity contribution is -0.126. The number of nitrogens with zero attached hydrogens (tertiary/aromatic N) is 2. The van der Waals surface area contributed by atoms with Crippen molar-refractivity contribution in [2.75, 3.05) is 41.5 Å². The molecule has 0 spiro atoms. The number of hydrazone groups is 1. The van der Waals surface area contributed by atoms with Gasteiger partial charge in [0.2, 0.25) is 5.91 Å². The minimum absolute atomic E-state index is 0.115. The molecule has 3 rings (SSSR count). The van der Waals surface area contributed by atoms with Gasteiger partial charge < -0.3 is 23.8 Å². The Morgan fingerprint density at radius 1 is 0.909 bits per heavy atom. The average molecular weight is 456 g/mol. The monoisotopic (exact) mass is 455 g/mol. The Labute approximate surface area is 193 Å². The van der Waals surface area contributed by atoms with E-state index in [1.807, 2.05) is 0 Å². The van der Waals surface area contributed by atoms with Crippen molar-refractivity contribution in [2.45, 2.75) is 12.8 Å². The number of hydrogen-bond donors (Lipinski definition) is 1. The number of hydrogen-bond acceptors (Lipinski definition) is 7. The summed E-state index contributed by atoms with van der Waals surface area (Å²) in [5.74, 6) is 1.86. The second-order valence-corrected chi connectivity index (χ2v) is 7.51. The van der Waals surface area contributed by atoms with E-state index in [0.717, 1.165) is 0 Å². The molecule has 2 aromatic rings. The fourth-order valence-corrected chi connectivity index (χ4v) is 3.64. The topological polar surface area (TPSA) is 98.7 Å². The van der Waals surface area contributed by atoms with Gasteiger partial charge in [-0.2, -0.15) is 5.10 Å². The molecule has 176 valence electrons. The molecule has 9 heteroatoms. The number of nitrogens with one attached hydrogen (secondary N) is 1. The summed E-state index contributed by atoms with van der Waals surface area (Å²) in [6.07, 6.45) is 2.64. The summed E-state index contributed by atoms with van der Waals surface area (Å²) in [5, 5.41) is 4.07. The standard InChI is InChI=1S/C24H29N3O6/c1-30-19-6-5-17(22(14-19)33-4)15-25-26-23(28)16-7-9-27(10-8-16)24(29)18-11-20(31-2)13-21(12-18)32-3/h5-6,11-16H,7-10H2,1-4H3,(H,26,28)/b25-15-. The summed E-state index contributed by atoms with van der Waals surface area (Å²) in [7, 11) is 6.22. The van der Waals surface area contributed by atoms with E-state index in [9.17, 15) is 9.59 Å². The van der Waals surface area contributed by atoms with Crippen molar-refractivity contribution in [1.82, 2.24) is 10.3 Å². The van der Waals surface area contributed by atoms with Crippen LogP contribution in [0.4, 0.5) is 0 Å². The Bertz CT molecular complexity index is 993. The highest BCUT2D eigenvalue weighted by Gasteiger charge is 2.28. The number of amides is 2. The number of piperidine rings is 1. The maximum atomic E-state index is 12.9. The number of rotatable bonds is 8. The van der Waals surface area contributed by atoms with Crippen LogP contribution in [-0.2, 0) is 4.79 Å². The van der Waals surface area contributed by atoms with E-state index in [4.69, 9.17) is 18.9 Å². The Hall–Kier alpha value is -3.75. The highest BCUT2D eigenvalue weighted by Crippen LogP contribution is 2.26. The largest absolute Gasteiger partial charge is 0.497 e. The lowest BCUT2D eigenvalue weighted by Crippen LogP contribution is -2.42. The van der Waals surface area contributed by atoms with Crippen LogP contribution in [0.3, 0.4) is 0 Å². The van der Waals surface area contributed by atoms with E-state index in [-0.39, 0.29) is 17.7 Å². The molecular weight excluding hydrogens is 426 g/mol. The van der Waals surface area contributed by atoms with Crippen LogP contribution in [0.2, 0.25) is 0 Å². The molecule has 0 bridgehead atoms. The maximum absolute atomic E-state index is 12.9. The van der Waals surface area contributed by atoms with Gasteiger partial charge in [0.1, 0.15) is 23.0 Å². The van der Waals surface area contributed by atoms with Crippen molar-refractivity contribution in [3.63, 3.8) is 0 Å². The SMILES string of the molecule is COc1cc(OC)cc(C(=O)N2CCC(C(=O)N/N=C\c3ccc(OC)cc3OC)CC2)c1.